The summed E-state index contributed by atoms with van der Waals surface area (Å²) < 4.78 is 0. The van der Waals surface area contributed by atoms with E-state index in [1.807, 2.05) is 66.7 Å². The summed E-state index contributed by atoms with van der Waals surface area (Å²) in [7, 11) is 1.91. The second-order valence-electron chi connectivity index (χ2n) is 4.75. The van der Waals surface area contributed by atoms with E-state index in [0.717, 1.165) is 16.6 Å². The molecular formula is C16H15N5. The molecule has 0 saturated carbocycles. The zero-order valence-corrected chi connectivity index (χ0v) is 11.6. The number of nitrogens with one attached hydrogen (secondary N) is 1. The Kier molecular flexibility index (Phi) is 3.23. The predicted molar refractivity (Wildman–Crippen MR) is 85.1 cm³/mol. The molecule has 0 amide bonds. The van der Waals surface area contributed by atoms with Gasteiger partial charge in [-0.3, -0.25) is 5.41 Å². The van der Waals surface area contributed by atoms with Gasteiger partial charge in [-0.2, -0.15) is 0 Å². The maximum Gasteiger partial charge on any atom is 0.230 e. The fraction of sp³-hybridized carbons (Fsp3) is 0.0625. The second-order valence-corrected chi connectivity index (χ2v) is 4.75. The fourth-order valence-electron chi connectivity index (χ4n) is 2.10. The quantitative estimate of drug-likeness (QED) is 0.570. The van der Waals surface area contributed by atoms with Crippen LogP contribution in [0.15, 0.2) is 54.7 Å². The van der Waals surface area contributed by atoms with Crippen LogP contribution in [0.1, 0.15) is 5.56 Å². The topological polar surface area (TPSA) is 78.9 Å². The van der Waals surface area contributed by atoms with Gasteiger partial charge in [0.25, 0.3) is 0 Å². The number of hydrogen-bond donors (Lipinski definition) is 2. The third kappa shape index (κ3) is 2.53. The van der Waals surface area contributed by atoms with E-state index >= 15 is 0 Å². The number of hydrogen-bond acceptors (Lipinski definition) is 4. The van der Waals surface area contributed by atoms with Crippen LogP contribution in [0, 0.1) is 5.41 Å². The van der Waals surface area contributed by atoms with E-state index in [1.54, 1.807) is 0 Å². The molecule has 3 N–H and O–H groups in total. The highest BCUT2D eigenvalue weighted by Gasteiger charge is 2.08. The van der Waals surface area contributed by atoms with Crippen LogP contribution in [-0.4, -0.2) is 22.9 Å². The van der Waals surface area contributed by atoms with Crippen LogP contribution in [0.5, 0.6) is 0 Å². The van der Waals surface area contributed by atoms with Crippen molar-refractivity contribution in [2.75, 3.05) is 11.9 Å². The SMILES string of the molecule is CN(c1ccc(C(=N)N)cc1)c1ncc2ccccc2n1. The highest BCUT2D eigenvalue weighted by molar-refractivity contribution is 5.95. The molecule has 0 bridgehead atoms. The lowest BCUT2D eigenvalue weighted by Crippen LogP contribution is -2.14. The molecular weight excluding hydrogens is 262 g/mol. The second kappa shape index (κ2) is 5.20. The monoisotopic (exact) mass is 277 g/mol. The molecule has 0 aliphatic carbocycles. The van der Waals surface area contributed by atoms with Crippen molar-refractivity contribution in [1.82, 2.24) is 9.97 Å². The minimum Gasteiger partial charge on any atom is -0.384 e. The lowest BCUT2D eigenvalue weighted by molar-refractivity contribution is 1.07. The van der Waals surface area contributed by atoms with Gasteiger partial charge < -0.3 is 10.6 Å². The first kappa shape index (κ1) is 13.1. The number of amidine groups is 1. The molecule has 21 heavy (non-hydrogen) atoms. The average molecular weight is 277 g/mol. The summed E-state index contributed by atoms with van der Waals surface area (Å²) in [5, 5.41) is 8.42. The van der Waals surface area contributed by atoms with Crippen LogP contribution in [0.3, 0.4) is 0 Å². The van der Waals surface area contributed by atoms with Gasteiger partial charge in [-0.1, -0.05) is 18.2 Å². The van der Waals surface area contributed by atoms with Gasteiger partial charge in [0.15, 0.2) is 0 Å². The van der Waals surface area contributed by atoms with Gasteiger partial charge in [0.2, 0.25) is 5.95 Å². The molecule has 2 aromatic carbocycles. The average Bonchev–Trinajstić information content (AvgIpc) is 2.54. The fourth-order valence-corrected chi connectivity index (χ4v) is 2.10. The van der Waals surface area contributed by atoms with Crippen LogP contribution in [0.25, 0.3) is 10.9 Å². The Morgan fingerprint density at radius 1 is 1.10 bits per heavy atom. The van der Waals surface area contributed by atoms with Gasteiger partial charge in [0.05, 0.1) is 5.52 Å². The van der Waals surface area contributed by atoms with E-state index in [9.17, 15) is 0 Å². The molecule has 3 rings (SSSR count). The van der Waals surface area contributed by atoms with Crippen molar-refractivity contribution in [3.05, 3.63) is 60.3 Å². The van der Waals surface area contributed by atoms with Crippen molar-refractivity contribution >= 4 is 28.4 Å². The van der Waals surface area contributed by atoms with Crippen LogP contribution < -0.4 is 10.6 Å². The number of rotatable bonds is 3. The zero-order valence-electron chi connectivity index (χ0n) is 11.6. The van der Waals surface area contributed by atoms with E-state index in [1.165, 1.54) is 0 Å². The molecule has 0 saturated heterocycles. The standard InChI is InChI=1S/C16H15N5/c1-21(13-8-6-11(7-9-13)15(17)18)16-19-10-12-4-2-3-5-14(12)20-16/h2-10H,1H3,(H3,17,18). The molecule has 0 atom stereocenters. The zero-order chi connectivity index (χ0) is 14.8. The first-order valence-electron chi connectivity index (χ1n) is 6.55. The number of para-hydroxylation sites is 1. The summed E-state index contributed by atoms with van der Waals surface area (Å²) in [6.07, 6.45) is 1.82. The van der Waals surface area contributed by atoms with Gasteiger partial charge in [-0.15, -0.1) is 0 Å². The van der Waals surface area contributed by atoms with Crippen molar-refractivity contribution in [3.63, 3.8) is 0 Å². The van der Waals surface area contributed by atoms with E-state index < -0.39 is 0 Å². The Balaban J connectivity index is 1.95. The maximum atomic E-state index is 7.41. The third-order valence-electron chi connectivity index (χ3n) is 3.34. The summed E-state index contributed by atoms with van der Waals surface area (Å²) in [5.74, 6) is 0.690. The molecule has 0 fully saturated rings. The molecule has 0 radical (unpaired) electrons. The normalized spacial score (nSPS) is 10.5. The maximum absolute atomic E-state index is 7.41. The first-order valence-corrected chi connectivity index (χ1v) is 6.55. The van der Waals surface area contributed by atoms with Crippen molar-refractivity contribution in [1.29, 1.82) is 5.41 Å². The van der Waals surface area contributed by atoms with Crippen molar-refractivity contribution in [2.45, 2.75) is 0 Å². The highest BCUT2D eigenvalue weighted by Crippen LogP contribution is 2.22. The number of anilines is 2. The predicted octanol–water partition coefficient (Wildman–Crippen LogP) is 2.68. The van der Waals surface area contributed by atoms with Crippen LogP contribution in [-0.2, 0) is 0 Å². The lowest BCUT2D eigenvalue weighted by atomic mass is 10.2. The van der Waals surface area contributed by atoms with Crippen molar-refractivity contribution < 1.29 is 0 Å². The molecule has 0 spiro atoms. The smallest absolute Gasteiger partial charge is 0.230 e. The molecule has 1 heterocycles. The van der Waals surface area contributed by atoms with E-state index in [-0.39, 0.29) is 5.84 Å². The molecule has 5 heteroatoms. The summed E-state index contributed by atoms with van der Waals surface area (Å²) >= 11 is 0. The number of nitrogen functional groups attached to an aromatic ring is 1. The van der Waals surface area contributed by atoms with Crippen LogP contribution >= 0.6 is 0 Å². The molecule has 0 unspecified atom stereocenters. The van der Waals surface area contributed by atoms with Gasteiger partial charge in [0.1, 0.15) is 5.84 Å². The van der Waals surface area contributed by atoms with Crippen molar-refractivity contribution in [2.24, 2.45) is 5.73 Å². The van der Waals surface area contributed by atoms with Crippen LogP contribution in [0.2, 0.25) is 0 Å². The number of benzene rings is 2. The minimum absolute atomic E-state index is 0.0613. The Bertz CT molecular complexity index is 795. The van der Waals surface area contributed by atoms with E-state index in [0.29, 0.717) is 11.5 Å². The molecule has 5 nitrogen and oxygen atoms in total. The third-order valence-corrected chi connectivity index (χ3v) is 3.34. The van der Waals surface area contributed by atoms with E-state index in [2.05, 4.69) is 9.97 Å². The number of nitrogens with zero attached hydrogens (tertiary/aromatic N) is 3. The number of aromatic nitrogens is 2. The Hall–Kier alpha value is -2.95. The first-order chi connectivity index (χ1) is 10.1. The summed E-state index contributed by atoms with van der Waals surface area (Å²) in [6.45, 7) is 0. The number of fused-ring (bicyclic) bond motifs is 1. The number of nitrogens with two attached hydrogens (primary N) is 1. The molecule has 104 valence electrons. The van der Waals surface area contributed by atoms with Gasteiger partial charge >= 0.3 is 0 Å². The summed E-state index contributed by atoms with van der Waals surface area (Å²) in [5.41, 5.74) is 8.01. The van der Waals surface area contributed by atoms with Crippen molar-refractivity contribution in [3.8, 4) is 0 Å². The largest absolute Gasteiger partial charge is 0.384 e. The summed E-state index contributed by atoms with van der Waals surface area (Å²) in [4.78, 5) is 10.8. The molecule has 0 aliphatic rings. The van der Waals surface area contributed by atoms with Gasteiger partial charge in [-0.25, -0.2) is 9.97 Å². The Labute approximate surface area is 122 Å². The van der Waals surface area contributed by atoms with E-state index in [4.69, 9.17) is 11.1 Å². The van der Waals surface area contributed by atoms with Gasteiger partial charge in [-0.05, 0) is 30.3 Å². The van der Waals surface area contributed by atoms with Crippen LogP contribution in [0.4, 0.5) is 11.6 Å². The Morgan fingerprint density at radius 3 is 2.52 bits per heavy atom. The lowest BCUT2D eigenvalue weighted by Gasteiger charge is -2.17. The summed E-state index contributed by atoms with van der Waals surface area (Å²) in [6, 6.07) is 15.3. The van der Waals surface area contributed by atoms with Gasteiger partial charge in [0, 0.05) is 29.9 Å². The highest BCUT2D eigenvalue weighted by atomic mass is 15.2. The molecule has 1 aromatic heterocycles. The molecule has 0 aliphatic heterocycles. The Morgan fingerprint density at radius 2 is 1.81 bits per heavy atom. The minimum atomic E-state index is 0.0613. The molecule has 3 aromatic rings.